The molecule has 0 aromatic carbocycles. The number of hydrogen-bond donors (Lipinski definition) is 2. The zero-order valence-corrected chi connectivity index (χ0v) is 8.92. The monoisotopic (exact) mass is 239 g/mol. The summed E-state index contributed by atoms with van der Waals surface area (Å²) in [6.07, 6.45) is 6.32. The fourth-order valence-corrected chi connectivity index (χ4v) is 1.61. The zero-order valence-electron chi connectivity index (χ0n) is 8.11. The average molecular weight is 239 g/mol. The summed E-state index contributed by atoms with van der Waals surface area (Å²) in [6.45, 7) is 0. The molecule has 7 nitrogen and oxygen atoms in total. The van der Waals surface area contributed by atoms with E-state index in [1.165, 1.54) is 6.20 Å². The Balaban J connectivity index is 2.24. The van der Waals surface area contributed by atoms with Gasteiger partial charge in [0.25, 0.3) is 10.2 Å². The third-order valence-electron chi connectivity index (χ3n) is 1.78. The lowest BCUT2D eigenvalue weighted by atomic mass is 10.4. The van der Waals surface area contributed by atoms with E-state index in [1.54, 1.807) is 35.4 Å². The maximum Gasteiger partial charge on any atom is 0.296 e. The molecule has 8 heteroatoms. The van der Waals surface area contributed by atoms with Gasteiger partial charge in [-0.15, -0.1) is 0 Å². The van der Waals surface area contributed by atoms with Gasteiger partial charge in [0, 0.05) is 12.4 Å². The second-order valence-electron chi connectivity index (χ2n) is 3.02. The Hall–Kier alpha value is -1.93. The van der Waals surface area contributed by atoms with Gasteiger partial charge in [0.2, 0.25) is 0 Å². The molecule has 16 heavy (non-hydrogen) atoms. The minimum atomic E-state index is -3.75. The standard InChI is InChI=1S/C8H9N5O2S/c9-16(14,15)12-7-1-2-8(11-5-7)13-4-3-10-6-13/h1-6,12H,(H2,9,14,15). The number of aromatic nitrogens is 3. The topological polar surface area (TPSA) is 103 Å². The average Bonchev–Trinajstić information content (AvgIpc) is 2.69. The van der Waals surface area contributed by atoms with Gasteiger partial charge in [0.15, 0.2) is 0 Å². The fraction of sp³-hybridized carbons (Fsp3) is 0. The Morgan fingerprint density at radius 1 is 1.38 bits per heavy atom. The Morgan fingerprint density at radius 2 is 2.19 bits per heavy atom. The van der Waals surface area contributed by atoms with Crippen molar-refractivity contribution in [3.05, 3.63) is 37.1 Å². The maximum absolute atomic E-state index is 10.7. The molecule has 0 fully saturated rings. The van der Waals surface area contributed by atoms with Crippen LogP contribution in [0.15, 0.2) is 37.1 Å². The van der Waals surface area contributed by atoms with Crippen molar-refractivity contribution in [2.75, 3.05) is 4.72 Å². The summed E-state index contributed by atoms with van der Waals surface area (Å²) in [5, 5.41) is 4.82. The lowest BCUT2D eigenvalue weighted by Crippen LogP contribution is -2.21. The van der Waals surface area contributed by atoms with Crippen molar-refractivity contribution in [2.24, 2.45) is 5.14 Å². The number of imidazole rings is 1. The molecule has 0 amide bonds. The van der Waals surface area contributed by atoms with E-state index in [1.807, 2.05) is 0 Å². The molecule has 0 radical (unpaired) electrons. The number of nitrogens with zero attached hydrogens (tertiary/aromatic N) is 3. The lowest BCUT2D eigenvalue weighted by Gasteiger charge is -2.04. The summed E-state index contributed by atoms with van der Waals surface area (Å²) in [6, 6.07) is 3.21. The van der Waals surface area contributed by atoms with E-state index in [0.29, 0.717) is 11.5 Å². The second-order valence-corrected chi connectivity index (χ2v) is 4.32. The van der Waals surface area contributed by atoms with Crippen molar-refractivity contribution in [1.82, 2.24) is 14.5 Å². The quantitative estimate of drug-likeness (QED) is 0.779. The van der Waals surface area contributed by atoms with E-state index in [0.717, 1.165) is 0 Å². The van der Waals surface area contributed by atoms with Gasteiger partial charge in [-0.25, -0.2) is 15.1 Å². The van der Waals surface area contributed by atoms with Crippen LogP contribution < -0.4 is 9.86 Å². The number of pyridine rings is 1. The van der Waals surface area contributed by atoms with Gasteiger partial charge in [-0.3, -0.25) is 9.29 Å². The van der Waals surface area contributed by atoms with Crippen molar-refractivity contribution >= 4 is 15.9 Å². The molecule has 84 valence electrons. The maximum atomic E-state index is 10.7. The Morgan fingerprint density at radius 3 is 2.69 bits per heavy atom. The molecule has 2 rings (SSSR count). The minimum absolute atomic E-state index is 0.311. The van der Waals surface area contributed by atoms with Gasteiger partial charge in [-0.1, -0.05) is 0 Å². The normalized spacial score (nSPS) is 11.3. The van der Waals surface area contributed by atoms with Crippen molar-refractivity contribution in [2.45, 2.75) is 0 Å². The van der Waals surface area contributed by atoms with Crippen LogP contribution in [0.25, 0.3) is 5.82 Å². The van der Waals surface area contributed by atoms with Crippen LogP contribution in [-0.4, -0.2) is 23.0 Å². The second kappa shape index (κ2) is 3.91. The molecule has 0 aliphatic rings. The number of hydrogen-bond acceptors (Lipinski definition) is 4. The highest BCUT2D eigenvalue weighted by molar-refractivity contribution is 7.90. The van der Waals surface area contributed by atoms with Crippen molar-refractivity contribution < 1.29 is 8.42 Å². The highest BCUT2D eigenvalue weighted by Crippen LogP contribution is 2.09. The van der Waals surface area contributed by atoms with Gasteiger partial charge in [-0.05, 0) is 12.1 Å². The van der Waals surface area contributed by atoms with Crippen LogP contribution in [0.2, 0.25) is 0 Å². The predicted molar refractivity (Wildman–Crippen MR) is 58.1 cm³/mol. The van der Waals surface area contributed by atoms with Gasteiger partial charge < -0.3 is 0 Å². The summed E-state index contributed by atoms with van der Waals surface area (Å²) in [4.78, 5) is 7.92. The number of nitrogens with two attached hydrogens (primary N) is 1. The summed E-state index contributed by atoms with van der Waals surface area (Å²) < 4.78 is 25.3. The molecule has 0 unspecified atom stereocenters. The fourth-order valence-electron chi connectivity index (χ4n) is 1.16. The highest BCUT2D eigenvalue weighted by atomic mass is 32.2. The summed E-state index contributed by atoms with van der Waals surface area (Å²) in [7, 11) is -3.75. The van der Waals surface area contributed by atoms with Crippen LogP contribution in [-0.2, 0) is 10.2 Å². The number of anilines is 1. The first-order valence-electron chi connectivity index (χ1n) is 4.29. The summed E-state index contributed by atoms with van der Waals surface area (Å²) >= 11 is 0. The summed E-state index contributed by atoms with van der Waals surface area (Å²) in [5.41, 5.74) is 0.311. The van der Waals surface area contributed by atoms with E-state index >= 15 is 0 Å². The Labute approximate surface area is 92.1 Å². The highest BCUT2D eigenvalue weighted by Gasteiger charge is 2.03. The summed E-state index contributed by atoms with van der Waals surface area (Å²) in [5.74, 6) is 0.637. The molecular weight excluding hydrogens is 230 g/mol. The lowest BCUT2D eigenvalue weighted by molar-refractivity contribution is 0.603. The SMILES string of the molecule is NS(=O)(=O)Nc1ccc(-n2ccnc2)nc1. The third-order valence-corrected chi connectivity index (χ3v) is 2.30. The zero-order chi connectivity index (χ0) is 11.6. The van der Waals surface area contributed by atoms with Crippen molar-refractivity contribution in [3.8, 4) is 5.82 Å². The molecule has 2 heterocycles. The number of nitrogens with one attached hydrogen (secondary N) is 1. The van der Waals surface area contributed by atoms with E-state index in [-0.39, 0.29) is 0 Å². The largest absolute Gasteiger partial charge is 0.296 e. The van der Waals surface area contributed by atoms with Crippen LogP contribution in [0.4, 0.5) is 5.69 Å². The Kier molecular flexibility index (Phi) is 2.59. The number of rotatable bonds is 3. The van der Waals surface area contributed by atoms with Crippen LogP contribution in [0.3, 0.4) is 0 Å². The van der Waals surface area contributed by atoms with E-state index in [2.05, 4.69) is 14.7 Å². The molecule has 0 saturated heterocycles. The van der Waals surface area contributed by atoms with E-state index < -0.39 is 10.2 Å². The van der Waals surface area contributed by atoms with Crippen molar-refractivity contribution in [3.63, 3.8) is 0 Å². The van der Waals surface area contributed by atoms with E-state index in [9.17, 15) is 8.42 Å². The van der Waals surface area contributed by atoms with E-state index in [4.69, 9.17) is 5.14 Å². The Bertz CT molecular complexity index is 561. The van der Waals surface area contributed by atoms with Crippen molar-refractivity contribution in [1.29, 1.82) is 0 Å². The van der Waals surface area contributed by atoms with Crippen LogP contribution >= 0.6 is 0 Å². The molecule has 0 spiro atoms. The third kappa shape index (κ3) is 2.55. The van der Waals surface area contributed by atoms with Crippen LogP contribution in [0.5, 0.6) is 0 Å². The smallest absolute Gasteiger partial charge is 0.291 e. The molecule has 0 saturated carbocycles. The molecular formula is C8H9N5O2S. The molecule has 0 atom stereocenters. The van der Waals surface area contributed by atoms with Gasteiger partial charge in [0.05, 0.1) is 11.9 Å². The molecule has 3 N–H and O–H groups in total. The molecule has 0 bridgehead atoms. The van der Waals surface area contributed by atoms with Gasteiger partial charge in [-0.2, -0.15) is 8.42 Å². The molecule has 0 aliphatic heterocycles. The van der Waals surface area contributed by atoms with Crippen LogP contribution in [0.1, 0.15) is 0 Å². The van der Waals surface area contributed by atoms with Gasteiger partial charge >= 0.3 is 0 Å². The predicted octanol–water partition coefficient (Wildman–Crippen LogP) is -0.117. The first-order valence-corrected chi connectivity index (χ1v) is 5.84. The molecule has 2 aromatic heterocycles. The minimum Gasteiger partial charge on any atom is -0.291 e. The molecule has 0 aliphatic carbocycles. The molecule has 2 aromatic rings. The van der Waals surface area contributed by atoms with Gasteiger partial charge in [0.1, 0.15) is 12.1 Å². The van der Waals surface area contributed by atoms with Crippen LogP contribution in [0, 0.1) is 0 Å². The first-order chi connectivity index (χ1) is 7.54. The first kappa shape index (κ1) is 10.6.